The molecule has 19 heavy (non-hydrogen) atoms. The van der Waals surface area contributed by atoms with E-state index >= 15 is 0 Å². The van der Waals surface area contributed by atoms with Crippen LogP contribution in [0.1, 0.15) is 37.2 Å². The maximum absolute atomic E-state index is 12.0. The Morgan fingerprint density at radius 3 is 2.74 bits per heavy atom. The normalized spacial score (nSPS) is 11.2. The van der Waals surface area contributed by atoms with Gasteiger partial charge in [-0.25, -0.2) is 0 Å². The number of nitrogens with one attached hydrogen (secondary N) is 1. The van der Waals surface area contributed by atoms with E-state index in [1.54, 1.807) is 6.07 Å². The summed E-state index contributed by atoms with van der Waals surface area (Å²) in [6.07, 6.45) is 2.14. The first-order chi connectivity index (χ1) is 9.15. The number of fused-ring (bicyclic) bond motifs is 1. The number of hydrogen-bond acceptors (Lipinski definition) is 2. The van der Waals surface area contributed by atoms with E-state index < -0.39 is 0 Å². The molecule has 1 aromatic carbocycles. The molecule has 102 valence electrons. The van der Waals surface area contributed by atoms with Crippen molar-refractivity contribution in [1.29, 1.82) is 0 Å². The van der Waals surface area contributed by atoms with Crippen molar-refractivity contribution in [2.45, 2.75) is 26.7 Å². The van der Waals surface area contributed by atoms with Gasteiger partial charge >= 0.3 is 0 Å². The smallest absolute Gasteiger partial charge is 0.287 e. The number of rotatable bonds is 5. The third-order valence-corrected chi connectivity index (χ3v) is 4.05. The number of furan rings is 1. The van der Waals surface area contributed by atoms with Gasteiger partial charge in [-0.05, 0) is 34.0 Å². The van der Waals surface area contributed by atoms with Crippen LogP contribution in [0.5, 0.6) is 0 Å². The van der Waals surface area contributed by atoms with Crippen molar-refractivity contribution in [3.05, 3.63) is 34.5 Å². The lowest BCUT2D eigenvalue weighted by molar-refractivity contribution is 0.0921. The van der Waals surface area contributed by atoms with Gasteiger partial charge in [0.1, 0.15) is 5.58 Å². The number of para-hydroxylation sites is 1. The van der Waals surface area contributed by atoms with E-state index in [-0.39, 0.29) is 5.91 Å². The molecule has 1 N–H and O–H groups in total. The molecule has 0 saturated carbocycles. The molecule has 0 spiro atoms. The van der Waals surface area contributed by atoms with Gasteiger partial charge in [0.15, 0.2) is 5.76 Å². The van der Waals surface area contributed by atoms with Crippen LogP contribution in [0.3, 0.4) is 0 Å². The van der Waals surface area contributed by atoms with Gasteiger partial charge in [0.05, 0.1) is 4.47 Å². The monoisotopic (exact) mass is 323 g/mol. The van der Waals surface area contributed by atoms with E-state index in [1.807, 2.05) is 18.2 Å². The Bertz CT molecular complexity index is 573. The Balaban J connectivity index is 2.11. The average molecular weight is 324 g/mol. The van der Waals surface area contributed by atoms with Crippen molar-refractivity contribution in [2.24, 2.45) is 5.92 Å². The molecule has 0 saturated heterocycles. The van der Waals surface area contributed by atoms with Gasteiger partial charge in [-0.2, -0.15) is 0 Å². The molecule has 0 atom stereocenters. The summed E-state index contributed by atoms with van der Waals surface area (Å²) in [6, 6.07) is 7.54. The number of benzene rings is 1. The highest BCUT2D eigenvalue weighted by Crippen LogP contribution is 2.26. The second-order valence-corrected chi connectivity index (χ2v) is 5.52. The fraction of sp³-hybridized carbons (Fsp3) is 0.400. The molecule has 0 aliphatic carbocycles. The van der Waals surface area contributed by atoms with Gasteiger partial charge in [-0.1, -0.05) is 38.8 Å². The Kier molecular flexibility index (Phi) is 4.64. The SMILES string of the molecule is CCC(CC)CNC(=O)c1cc2cccc(Br)c2o1. The number of carbonyl (C=O) groups is 1. The first kappa shape index (κ1) is 14.1. The molecule has 0 radical (unpaired) electrons. The van der Waals surface area contributed by atoms with Crippen molar-refractivity contribution in [2.75, 3.05) is 6.54 Å². The summed E-state index contributed by atoms with van der Waals surface area (Å²) in [5.74, 6) is 0.753. The first-order valence-electron chi connectivity index (χ1n) is 6.62. The predicted octanol–water partition coefficient (Wildman–Crippen LogP) is 4.36. The highest BCUT2D eigenvalue weighted by atomic mass is 79.9. The molecule has 0 unspecified atom stereocenters. The second kappa shape index (κ2) is 6.24. The molecule has 1 aromatic heterocycles. The third kappa shape index (κ3) is 3.18. The minimum atomic E-state index is -0.144. The van der Waals surface area contributed by atoms with Crippen molar-refractivity contribution >= 4 is 32.8 Å². The highest BCUT2D eigenvalue weighted by molar-refractivity contribution is 9.10. The lowest BCUT2D eigenvalue weighted by Gasteiger charge is -2.12. The third-order valence-electron chi connectivity index (χ3n) is 3.43. The number of carbonyl (C=O) groups excluding carboxylic acids is 1. The fourth-order valence-corrected chi connectivity index (χ4v) is 2.50. The summed E-state index contributed by atoms with van der Waals surface area (Å²) in [5.41, 5.74) is 0.718. The zero-order chi connectivity index (χ0) is 13.8. The van der Waals surface area contributed by atoms with Crippen LogP contribution < -0.4 is 5.32 Å². The quantitative estimate of drug-likeness (QED) is 0.888. The molecule has 4 heteroatoms. The van der Waals surface area contributed by atoms with Gasteiger partial charge in [0.25, 0.3) is 5.91 Å². The van der Waals surface area contributed by atoms with Crippen LogP contribution in [0.25, 0.3) is 11.0 Å². The van der Waals surface area contributed by atoms with E-state index in [9.17, 15) is 4.79 Å². The number of halogens is 1. The van der Waals surface area contributed by atoms with Gasteiger partial charge < -0.3 is 9.73 Å². The summed E-state index contributed by atoms with van der Waals surface area (Å²) in [6.45, 7) is 4.97. The van der Waals surface area contributed by atoms with Gasteiger partial charge in [-0.15, -0.1) is 0 Å². The number of hydrogen-bond donors (Lipinski definition) is 1. The van der Waals surface area contributed by atoms with Crippen molar-refractivity contribution in [3.63, 3.8) is 0 Å². The van der Waals surface area contributed by atoms with Crippen molar-refractivity contribution in [3.8, 4) is 0 Å². The largest absolute Gasteiger partial charge is 0.450 e. The first-order valence-corrected chi connectivity index (χ1v) is 7.41. The van der Waals surface area contributed by atoms with Crippen LogP contribution in [-0.2, 0) is 0 Å². The molecular weight excluding hydrogens is 306 g/mol. The molecule has 1 amide bonds. The Labute approximate surface area is 121 Å². The van der Waals surface area contributed by atoms with E-state index in [0.717, 1.165) is 28.3 Å². The van der Waals surface area contributed by atoms with Crippen molar-refractivity contribution in [1.82, 2.24) is 5.32 Å². The minimum Gasteiger partial charge on any atom is -0.450 e. The van der Waals surface area contributed by atoms with Gasteiger partial charge in [0, 0.05) is 11.9 Å². The van der Waals surface area contributed by atoms with E-state index in [4.69, 9.17) is 4.42 Å². The Hall–Kier alpha value is -1.29. The zero-order valence-electron chi connectivity index (χ0n) is 11.2. The Morgan fingerprint density at radius 1 is 1.37 bits per heavy atom. The maximum Gasteiger partial charge on any atom is 0.287 e. The summed E-state index contributed by atoms with van der Waals surface area (Å²) in [5, 5.41) is 3.87. The molecule has 0 bridgehead atoms. The van der Waals surface area contributed by atoms with E-state index in [1.165, 1.54) is 0 Å². The highest BCUT2D eigenvalue weighted by Gasteiger charge is 2.14. The summed E-state index contributed by atoms with van der Waals surface area (Å²) in [7, 11) is 0. The Morgan fingerprint density at radius 2 is 2.11 bits per heavy atom. The summed E-state index contributed by atoms with van der Waals surface area (Å²) >= 11 is 3.42. The number of amides is 1. The molecule has 0 aliphatic heterocycles. The maximum atomic E-state index is 12.0. The molecule has 2 aromatic rings. The summed E-state index contributed by atoms with van der Waals surface area (Å²) in [4.78, 5) is 12.0. The zero-order valence-corrected chi connectivity index (χ0v) is 12.8. The molecule has 0 aliphatic rings. The summed E-state index contributed by atoms with van der Waals surface area (Å²) < 4.78 is 6.47. The molecule has 3 nitrogen and oxygen atoms in total. The predicted molar refractivity (Wildman–Crippen MR) is 80.3 cm³/mol. The van der Waals surface area contributed by atoms with Gasteiger partial charge in [0.2, 0.25) is 0 Å². The lowest BCUT2D eigenvalue weighted by atomic mass is 10.0. The topological polar surface area (TPSA) is 42.2 Å². The van der Waals surface area contributed by atoms with E-state index in [2.05, 4.69) is 35.1 Å². The molecule has 0 fully saturated rings. The fourth-order valence-electron chi connectivity index (χ4n) is 2.04. The standard InChI is InChI=1S/C15H18BrNO2/c1-3-10(4-2)9-17-15(18)13-8-11-6-5-7-12(16)14(11)19-13/h5-8,10H,3-4,9H2,1-2H3,(H,17,18). The van der Waals surface area contributed by atoms with Crippen molar-refractivity contribution < 1.29 is 9.21 Å². The molecule has 2 rings (SSSR count). The van der Waals surface area contributed by atoms with Crippen LogP contribution >= 0.6 is 15.9 Å². The van der Waals surface area contributed by atoms with Crippen LogP contribution in [-0.4, -0.2) is 12.5 Å². The lowest BCUT2D eigenvalue weighted by Crippen LogP contribution is -2.28. The van der Waals surface area contributed by atoms with Crippen LogP contribution in [0.2, 0.25) is 0 Å². The van der Waals surface area contributed by atoms with E-state index in [0.29, 0.717) is 18.2 Å². The minimum absolute atomic E-state index is 0.144. The molecular formula is C15H18BrNO2. The van der Waals surface area contributed by atoms with Crippen LogP contribution in [0.15, 0.2) is 33.2 Å². The second-order valence-electron chi connectivity index (χ2n) is 4.66. The molecule has 1 heterocycles. The average Bonchev–Trinajstić information content (AvgIpc) is 2.85. The van der Waals surface area contributed by atoms with Gasteiger partial charge in [-0.3, -0.25) is 4.79 Å². The van der Waals surface area contributed by atoms with Crippen LogP contribution in [0.4, 0.5) is 0 Å². The van der Waals surface area contributed by atoms with Crippen LogP contribution in [0, 0.1) is 5.92 Å².